The highest BCUT2D eigenvalue weighted by molar-refractivity contribution is 7.32. The summed E-state index contributed by atoms with van der Waals surface area (Å²) in [5, 5.41) is 0. The summed E-state index contributed by atoms with van der Waals surface area (Å²) >= 11 is 0. The van der Waals surface area contributed by atoms with Crippen LogP contribution in [0.2, 0.25) is 0 Å². The van der Waals surface area contributed by atoms with Crippen molar-refractivity contribution in [2.75, 3.05) is 7.11 Å². The van der Waals surface area contributed by atoms with E-state index >= 15 is 0 Å². The molecule has 1 aromatic rings. The van der Waals surface area contributed by atoms with Gasteiger partial charge in [0.15, 0.2) is 0 Å². The molecule has 0 amide bonds. The van der Waals surface area contributed by atoms with Gasteiger partial charge in [-0.3, -0.25) is 9.55 Å². The van der Waals surface area contributed by atoms with Crippen molar-refractivity contribution < 1.29 is 14.0 Å². The first-order valence-corrected chi connectivity index (χ1v) is 4.56. The fourth-order valence-corrected chi connectivity index (χ4v) is 0.448. The zero-order chi connectivity index (χ0) is 9.40. The van der Waals surface area contributed by atoms with E-state index in [1.807, 2.05) is 25.3 Å². The minimum atomic E-state index is -2.62. The molecule has 0 bridgehead atoms. The fourth-order valence-electron chi connectivity index (χ4n) is 0.448. The number of nitrogens with zero attached hydrogens (tertiary/aromatic N) is 1. The quantitative estimate of drug-likeness (QED) is 0.678. The summed E-state index contributed by atoms with van der Waals surface area (Å²) in [7, 11) is -1.44. The van der Waals surface area contributed by atoms with E-state index < -0.39 is 8.25 Å². The molecule has 5 heteroatoms. The Kier molecular flexibility index (Phi) is 6.57. The van der Waals surface area contributed by atoms with Crippen molar-refractivity contribution in [2.24, 2.45) is 0 Å². The maximum absolute atomic E-state index is 9.33. The normalized spacial score (nSPS) is 11.2. The molecule has 1 heterocycles. The Bertz CT molecular complexity index is 227. The lowest BCUT2D eigenvalue weighted by molar-refractivity contribution is 0.343. The maximum atomic E-state index is 9.33. The van der Waals surface area contributed by atoms with Crippen molar-refractivity contribution in [3.05, 3.63) is 30.1 Å². The van der Waals surface area contributed by atoms with Crippen LogP contribution in [-0.2, 0) is 9.09 Å². The van der Waals surface area contributed by atoms with Crippen LogP contribution in [0.1, 0.15) is 5.56 Å². The van der Waals surface area contributed by atoms with Crippen molar-refractivity contribution in [1.29, 1.82) is 0 Å². The van der Waals surface area contributed by atoms with Gasteiger partial charge < -0.3 is 9.42 Å². The van der Waals surface area contributed by atoms with Crippen LogP contribution in [0.5, 0.6) is 0 Å². The number of pyridine rings is 1. The smallest absolute Gasteiger partial charge is 0.316 e. The number of hydrogen-bond acceptors (Lipinski definition) is 3. The molecule has 0 radical (unpaired) electrons. The van der Waals surface area contributed by atoms with Crippen LogP contribution >= 0.6 is 8.25 Å². The van der Waals surface area contributed by atoms with E-state index in [9.17, 15) is 4.57 Å². The highest BCUT2D eigenvalue weighted by Gasteiger charge is 1.74. The average Bonchev–Trinajstić information content (AvgIpc) is 2.07. The third-order valence-electron chi connectivity index (χ3n) is 0.984. The van der Waals surface area contributed by atoms with Gasteiger partial charge in [-0.2, -0.15) is 0 Å². The third-order valence-corrected chi connectivity index (χ3v) is 1.33. The third kappa shape index (κ3) is 7.41. The molecule has 1 rings (SSSR count). The van der Waals surface area contributed by atoms with E-state index in [2.05, 4.69) is 9.51 Å². The molecule has 1 unspecified atom stereocenters. The molecular formula is C7H12NO3P. The van der Waals surface area contributed by atoms with Gasteiger partial charge in [0.1, 0.15) is 0 Å². The first-order valence-electron chi connectivity index (χ1n) is 3.30. The Hall–Kier alpha value is -0.700. The molecule has 12 heavy (non-hydrogen) atoms. The van der Waals surface area contributed by atoms with Crippen molar-refractivity contribution in [3.8, 4) is 0 Å². The van der Waals surface area contributed by atoms with E-state index in [1.165, 1.54) is 12.7 Å². The molecule has 0 spiro atoms. The predicted molar refractivity (Wildman–Crippen MR) is 47.2 cm³/mol. The van der Waals surface area contributed by atoms with Crippen molar-refractivity contribution >= 4 is 8.25 Å². The van der Waals surface area contributed by atoms with Crippen LogP contribution in [0.3, 0.4) is 0 Å². The lowest BCUT2D eigenvalue weighted by Crippen LogP contribution is -1.69. The Morgan fingerprint density at radius 3 is 2.42 bits per heavy atom. The second-order valence-corrected chi connectivity index (χ2v) is 2.94. The first kappa shape index (κ1) is 11.3. The molecule has 0 aliphatic rings. The predicted octanol–water partition coefficient (Wildman–Crippen LogP) is 1.40. The lowest BCUT2D eigenvalue weighted by atomic mass is 10.3. The lowest BCUT2D eigenvalue weighted by Gasteiger charge is -1.82. The molecule has 1 N–H and O–H groups in total. The van der Waals surface area contributed by atoms with E-state index in [1.54, 1.807) is 6.20 Å². The van der Waals surface area contributed by atoms with Gasteiger partial charge in [0.2, 0.25) is 0 Å². The Morgan fingerprint density at radius 1 is 1.67 bits per heavy atom. The van der Waals surface area contributed by atoms with Crippen molar-refractivity contribution in [2.45, 2.75) is 6.92 Å². The number of rotatable bonds is 1. The highest BCUT2D eigenvalue weighted by Crippen LogP contribution is 2.09. The molecule has 4 nitrogen and oxygen atoms in total. The van der Waals surface area contributed by atoms with Crippen molar-refractivity contribution in [1.82, 2.24) is 4.98 Å². The van der Waals surface area contributed by atoms with Crippen LogP contribution in [0.4, 0.5) is 0 Å². The zero-order valence-electron chi connectivity index (χ0n) is 7.02. The number of hydrogen-bond donors (Lipinski definition) is 1. The summed E-state index contributed by atoms with van der Waals surface area (Å²) in [5.41, 5.74) is 1.21. The van der Waals surface area contributed by atoms with Gasteiger partial charge in [-0.05, 0) is 18.6 Å². The van der Waals surface area contributed by atoms with Crippen LogP contribution < -0.4 is 0 Å². The molecule has 0 saturated carbocycles. The van der Waals surface area contributed by atoms with Gasteiger partial charge in [-0.15, -0.1) is 0 Å². The largest absolute Gasteiger partial charge is 0.326 e. The summed E-state index contributed by atoms with van der Waals surface area (Å²) < 4.78 is 13.2. The molecule has 0 aliphatic heterocycles. The number of aryl methyl sites for hydroxylation is 1. The van der Waals surface area contributed by atoms with Gasteiger partial charge in [0, 0.05) is 19.5 Å². The van der Waals surface area contributed by atoms with Crippen LogP contribution in [0, 0.1) is 6.92 Å². The first-order chi connectivity index (χ1) is 5.66. The van der Waals surface area contributed by atoms with Gasteiger partial charge >= 0.3 is 8.25 Å². The summed E-state index contributed by atoms with van der Waals surface area (Å²) in [4.78, 5) is 11.6. The summed E-state index contributed by atoms with van der Waals surface area (Å²) in [6.07, 6.45) is 3.60. The van der Waals surface area contributed by atoms with E-state index in [-0.39, 0.29) is 0 Å². The molecule has 0 fully saturated rings. The summed E-state index contributed by atoms with van der Waals surface area (Å²) in [6.45, 7) is 2.02. The van der Waals surface area contributed by atoms with E-state index in [4.69, 9.17) is 4.89 Å². The maximum Gasteiger partial charge on any atom is 0.316 e. The van der Waals surface area contributed by atoms with Gasteiger partial charge in [0.05, 0.1) is 0 Å². The van der Waals surface area contributed by atoms with Gasteiger partial charge in [-0.1, -0.05) is 6.07 Å². The molecule has 0 saturated heterocycles. The van der Waals surface area contributed by atoms with E-state index in [0.717, 1.165) is 0 Å². The molecule has 1 atom stereocenters. The van der Waals surface area contributed by atoms with Gasteiger partial charge in [0.25, 0.3) is 0 Å². The Morgan fingerprint density at radius 2 is 2.25 bits per heavy atom. The minimum absolute atomic E-state index is 1.18. The zero-order valence-corrected chi connectivity index (χ0v) is 8.02. The molecular weight excluding hydrogens is 177 g/mol. The summed E-state index contributed by atoms with van der Waals surface area (Å²) in [6, 6.07) is 3.95. The highest BCUT2D eigenvalue weighted by atomic mass is 31.1. The molecule has 0 aliphatic carbocycles. The number of aromatic nitrogens is 1. The molecule has 68 valence electrons. The van der Waals surface area contributed by atoms with Crippen LogP contribution in [0.15, 0.2) is 24.5 Å². The topological polar surface area (TPSA) is 59.4 Å². The Labute approximate surface area is 72.2 Å². The monoisotopic (exact) mass is 189 g/mol. The molecule has 0 aromatic carbocycles. The molecule has 1 aromatic heterocycles. The van der Waals surface area contributed by atoms with Crippen molar-refractivity contribution in [3.63, 3.8) is 0 Å². The fraction of sp³-hybridized carbons (Fsp3) is 0.286. The standard InChI is InChI=1S/C6H7N.CH5O3P/c1-6-3-2-4-7-5-6;1-4-5(2)3/h2-5H,1H3;5H,1H3,(H,2,3). The second kappa shape index (κ2) is 6.98. The Balaban J connectivity index is 0.000000217. The van der Waals surface area contributed by atoms with E-state index in [0.29, 0.717) is 0 Å². The summed E-state index contributed by atoms with van der Waals surface area (Å²) in [5.74, 6) is 0. The SMILES string of the molecule is CO[PH](=O)O.Cc1cccnc1. The minimum Gasteiger partial charge on any atom is -0.326 e. The average molecular weight is 189 g/mol. The van der Waals surface area contributed by atoms with Gasteiger partial charge in [-0.25, -0.2) is 0 Å². The second-order valence-electron chi connectivity index (χ2n) is 2.00. The van der Waals surface area contributed by atoms with Crippen LogP contribution in [-0.4, -0.2) is 17.0 Å². The van der Waals surface area contributed by atoms with Crippen LogP contribution in [0.25, 0.3) is 0 Å².